The van der Waals surface area contributed by atoms with Crippen LogP contribution in [-0.2, 0) is 6.42 Å². The number of para-hydroxylation sites is 1. The summed E-state index contributed by atoms with van der Waals surface area (Å²) in [5, 5.41) is 0. The van der Waals surface area contributed by atoms with Gasteiger partial charge in [0.25, 0.3) is 0 Å². The summed E-state index contributed by atoms with van der Waals surface area (Å²) in [5.41, 5.74) is 7.06. The Bertz CT molecular complexity index is 415. The van der Waals surface area contributed by atoms with E-state index in [1.807, 2.05) is 12.1 Å². The van der Waals surface area contributed by atoms with Crippen LogP contribution in [0, 0.1) is 0 Å². The average molecular weight is 249 g/mol. The summed E-state index contributed by atoms with van der Waals surface area (Å²) in [7, 11) is 0. The Morgan fingerprint density at radius 1 is 1.44 bits per heavy atom. The molecule has 0 saturated carbocycles. The molecule has 1 aliphatic heterocycles. The van der Waals surface area contributed by atoms with E-state index in [0.717, 1.165) is 30.8 Å². The van der Waals surface area contributed by atoms with Crippen LogP contribution in [0.1, 0.15) is 39.2 Å². The van der Waals surface area contributed by atoms with Gasteiger partial charge in [0.2, 0.25) is 0 Å². The molecule has 0 aliphatic carbocycles. The summed E-state index contributed by atoms with van der Waals surface area (Å²) in [6, 6.07) is 6.17. The highest BCUT2D eigenvalue weighted by atomic mass is 16.5. The van der Waals surface area contributed by atoms with Crippen LogP contribution >= 0.6 is 0 Å². The van der Waals surface area contributed by atoms with Gasteiger partial charge in [0.1, 0.15) is 12.2 Å². The van der Waals surface area contributed by atoms with Gasteiger partial charge in [-0.1, -0.05) is 25.5 Å². The van der Waals surface area contributed by atoms with Crippen LogP contribution in [0.25, 0.3) is 0 Å². The summed E-state index contributed by atoms with van der Waals surface area (Å²) in [6.45, 7) is 6.87. The standard InChI is InChI=1S/C15H23NO2/c1-4-6-12(16)10-17-13-8-5-7-11-9-15(2,3)18-14(11)13/h5,7-8,12H,4,6,9-10,16H2,1-3H3. The van der Waals surface area contributed by atoms with E-state index in [4.69, 9.17) is 15.2 Å². The highest BCUT2D eigenvalue weighted by Gasteiger charge is 2.32. The predicted octanol–water partition coefficient (Wildman–Crippen LogP) is 2.91. The zero-order valence-electron chi connectivity index (χ0n) is 11.5. The van der Waals surface area contributed by atoms with Crippen LogP contribution in [0.4, 0.5) is 0 Å². The molecule has 1 aliphatic rings. The predicted molar refractivity (Wildman–Crippen MR) is 73.2 cm³/mol. The summed E-state index contributed by atoms with van der Waals surface area (Å²) in [5.74, 6) is 1.72. The van der Waals surface area contributed by atoms with E-state index in [0.29, 0.717) is 6.61 Å². The van der Waals surface area contributed by atoms with Crippen molar-refractivity contribution in [3.8, 4) is 11.5 Å². The Morgan fingerprint density at radius 3 is 2.94 bits per heavy atom. The van der Waals surface area contributed by atoms with Gasteiger partial charge in [-0.25, -0.2) is 0 Å². The zero-order chi connectivity index (χ0) is 13.2. The largest absolute Gasteiger partial charge is 0.488 e. The van der Waals surface area contributed by atoms with E-state index >= 15 is 0 Å². The fourth-order valence-electron chi connectivity index (χ4n) is 2.35. The van der Waals surface area contributed by atoms with Gasteiger partial charge >= 0.3 is 0 Å². The summed E-state index contributed by atoms with van der Waals surface area (Å²) < 4.78 is 11.8. The Morgan fingerprint density at radius 2 is 2.22 bits per heavy atom. The monoisotopic (exact) mass is 249 g/mol. The van der Waals surface area contributed by atoms with E-state index < -0.39 is 0 Å². The second-order valence-electron chi connectivity index (χ2n) is 5.64. The van der Waals surface area contributed by atoms with Gasteiger partial charge in [-0.2, -0.15) is 0 Å². The zero-order valence-corrected chi connectivity index (χ0v) is 11.5. The molecule has 0 saturated heterocycles. The number of rotatable bonds is 5. The number of hydrogen-bond acceptors (Lipinski definition) is 3. The fourth-order valence-corrected chi connectivity index (χ4v) is 2.35. The van der Waals surface area contributed by atoms with Crippen LogP contribution in [0.5, 0.6) is 11.5 Å². The Labute approximate surface area is 109 Å². The first-order valence-electron chi connectivity index (χ1n) is 6.71. The van der Waals surface area contributed by atoms with Crippen molar-refractivity contribution in [1.82, 2.24) is 0 Å². The van der Waals surface area contributed by atoms with Crippen molar-refractivity contribution in [1.29, 1.82) is 0 Å². The van der Waals surface area contributed by atoms with Gasteiger partial charge in [-0.3, -0.25) is 0 Å². The van der Waals surface area contributed by atoms with Crippen molar-refractivity contribution in [2.24, 2.45) is 5.73 Å². The SMILES string of the molecule is CCCC(N)COc1cccc2c1OC(C)(C)C2. The second-order valence-corrected chi connectivity index (χ2v) is 5.64. The van der Waals surface area contributed by atoms with E-state index in [1.165, 1.54) is 5.56 Å². The molecule has 1 aromatic rings. The molecule has 18 heavy (non-hydrogen) atoms. The highest BCUT2D eigenvalue weighted by molar-refractivity contribution is 5.50. The molecule has 1 atom stereocenters. The molecule has 3 nitrogen and oxygen atoms in total. The molecule has 1 aromatic carbocycles. The van der Waals surface area contributed by atoms with E-state index in [2.05, 4.69) is 26.8 Å². The third-order valence-electron chi connectivity index (χ3n) is 3.17. The van der Waals surface area contributed by atoms with Gasteiger partial charge in [0.05, 0.1) is 0 Å². The van der Waals surface area contributed by atoms with Gasteiger partial charge in [-0.15, -0.1) is 0 Å². The van der Waals surface area contributed by atoms with E-state index in [-0.39, 0.29) is 11.6 Å². The molecule has 1 unspecified atom stereocenters. The quantitative estimate of drug-likeness (QED) is 0.872. The first-order valence-corrected chi connectivity index (χ1v) is 6.71. The number of benzene rings is 1. The van der Waals surface area contributed by atoms with Crippen LogP contribution in [-0.4, -0.2) is 18.2 Å². The molecule has 0 spiro atoms. The molecular formula is C15H23NO2. The summed E-state index contributed by atoms with van der Waals surface area (Å²) >= 11 is 0. The normalized spacial score (nSPS) is 18.0. The lowest BCUT2D eigenvalue weighted by Gasteiger charge is -2.19. The third kappa shape index (κ3) is 2.96. The van der Waals surface area contributed by atoms with Gasteiger partial charge in [-0.05, 0) is 26.3 Å². The van der Waals surface area contributed by atoms with Gasteiger partial charge in [0, 0.05) is 18.0 Å². The lowest BCUT2D eigenvalue weighted by molar-refractivity contribution is 0.131. The molecule has 3 heteroatoms. The van der Waals surface area contributed by atoms with Crippen molar-refractivity contribution in [2.75, 3.05) is 6.61 Å². The van der Waals surface area contributed by atoms with Crippen molar-refractivity contribution in [3.05, 3.63) is 23.8 Å². The first kappa shape index (κ1) is 13.2. The van der Waals surface area contributed by atoms with Gasteiger partial charge < -0.3 is 15.2 Å². The average Bonchev–Trinajstić information content (AvgIpc) is 2.61. The van der Waals surface area contributed by atoms with Crippen molar-refractivity contribution in [2.45, 2.75) is 51.7 Å². The molecule has 0 amide bonds. The Kier molecular flexibility index (Phi) is 3.81. The fraction of sp³-hybridized carbons (Fsp3) is 0.600. The van der Waals surface area contributed by atoms with E-state index in [1.54, 1.807) is 0 Å². The molecule has 2 rings (SSSR count). The Balaban J connectivity index is 2.05. The lowest BCUT2D eigenvalue weighted by Crippen LogP contribution is -2.27. The molecule has 0 fully saturated rings. The summed E-state index contributed by atoms with van der Waals surface area (Å²) in [6.07, 6.45) is 3.00. The van der Waals surface area contributed by atoms with Crippen LogP contribution in [0.3, 0.4) is 0 Å². The molecule has 2 N–H and O–H groups in total. The number of nitrogens with two attached hydrogens (primary N) is 1. The van der Waals surface area contributed by atoms with Crippen LogP contribution < -0.4 is 15.2 Å². The van der Waals surface area contributed by atoms with Crippen molar-refractivity contribution in [3.63, 3.8) is 0 Å². The van der Waals surface area contributed by atoms with Gasteiger partial charge in [0.15, 0.2) is 11.5 Å². The smallest absolute Gasteiger partial charge is 0.165 e. The molecule has 0 aromatic heterocycles. The maximum absolute atomic E-state index is 5.96. The minimum absolute atomic E-state index is 0.0975. The number of hydrogen-bond donors (Lipinski definition) is 1. The van der Waals surface area contributed by atoms with Crippen LogP contribution in [0.15, 0.2) is 18.2 Å². The molecule has 0 radical (unpaired) electrons. The first-order chi connectivity index (χ1) is 8.52. The maximum atomic E-state index is 5.96. The molecule has 100 valence electrons. The summed E-state index contributed by atoms with van der Waals surface area (Å²) in [4.78, 5) is 0. The second kappa shape index (κ2) is 5.19. The Hall–Kier alpha value is -1.22. The van der Waals surface area contributed by atoms with E-state index in [9.17, 15) is 0 Å². The molecule has 1 heterocycles. The maximum Gasteiger partial charge on any atom is 0.165 e. The number of ether oxygens (including phenoxy) is 2. The minimum atomic E-state index is -0.132. The topological polar surface area (TPSA) is 44.5 Å². The third-order valence-corrected chi connectivity index (χ3v) is 3.17. The van der Waals surface area contributed by atoms with Crippen molar-refractivity contribution >= 4 is 0 Å². The molecular weight excluding hydrogens is 226 g/mol. The molecule has 0 bridgehead atoms. The van der Waals surface area contributed by atoms with Crippen molar-refractivity contribution < 1.29 is 9.47 Å². The highest BCUT2D eigenvalue weighted by Crippen LogP contribution is 2.41. The lowest BCUT2D eigenvalue weighted by atomic mass is 10.0. The van der Waals surface area contributed by atoms with Crippen LogP contribution in [0.2, 0.25) is 0 Å². The minimum Gasteiger partial charge on any atom is -0.488 e. The number of fused-ring (bicyclic) bond motifs is 1.